The van der Waals surface area contributed by atoms with E-state index in [4.69, 9.17) is 10.2 Å². The van der Waals surface area contributed by atoms with Gasteiger partial charge in [-0.3, -0.25) is 0 Å². The summed E-state index contributed by atoms with van der Waals surface area (Å²) in [6.45, 7) is 8.29. The second-order valence-electron chi connectivity index (χ2n) is 4.95. The number of aryl methyl sites for hydroxylation is 1. The van der Waals surface area contributed by atoms with E-state index in [0.29, 0.717) is 24.1 Å². The van der Waals surface area contributed by atoms with Crippen LogP contribution in [0, 0.1) is 6.92 Å². The van der Waals surface area contributed by atoms with E-state index in [1.807, 2.05) is 0 Å². The molecule has 0 unspecified atom stereocenters. The molecule has 0 fully saturated rings. The monoisotopic (exact) mass is 236 g/mol. The summed E-state index contributed by atoms with van der Waals surface area (Å²) in [4.78, 5) is 0. The summed E-state index contributed by atoms with van der Waals surface area (Å²) in [7, 11) is 0. The molecule has 0 saturated carbocycles. The van der Waals surface area contributed by atoms with Gasteiger partial charge in [-0.2, -0.15) is 0 Å². The summed E-state index contributed by atoms with van der Waals surface area (Å²) in [6.07, 6.45) is 0. The van der Waals surface area contributed by atoms with Crippen LogP contribution in [-0.2, 0) is 12.0 Å². The minimum absolute atomic E-state index is 0.136. The third-order valence-electron chi connectivity index (χ3n) is 2.32. The number of aromatic nitrogens is 5. The molecule has 2 aromatic heterocycles. The Morgan fingerprint density at radius 3 is 2.47 bits per heavy atom. The first-order valence-electron chi connectivity index (χ1n) is 5.36. The molecule has 0 aliphatic heterocycles. The van der Waals surface area contributed by atoms with Crippen molar-refractivity contribution in [2.24, 2.45) is 0 Å². The van der Waals surface area contributed by atoms with Gasteiger partial charge >= 0.3 is 0 Å². The molecule has 0 spiro atoms. The summed E-state index contributed by atoms with van der Waals surface area (Å²) < 4.78 is 7.01. The van der Waals surface area contributed by atoms with Crippen molar-refractivity contribution in [3.63, 3.8) is 0 Å². The highest BCUT2D eigenvalue weighted by atomic mass is 16.4. The molecule has 7 nitrogen and oxygen atoms in total. The van der Waals surface area contributed by atoms with Crippen LogP contribution in [0.4, 0.5) is 5.82 Å². The average molecular weight is 236 g/mol. The fraction of sp³-hybridized carbons (Fsp3) is 0.600. The minimum atomic E-state index is -0.136. The van der Waals surface area contributed by atoms with Crippen LogP contribution in [0.5, 0.6) is 0 Å². The van der Waals surface area contributed by atoms with Gasteiger partial charge < -0.3 is 10.2 Å². The van der Waals surface area contributed by atoms with Crippen LogP contribution in [0.25, 0.3) is 0 Å². The second-order valence-corrected chi connectivity index (χ2v) is 4.95. The SMILES string of the molecule is Cc1nnc(Cn2nnc(N)c2C(C)(C)C)o1. The summed E-state index contributed by atoms with van der Waals surface area (Å²) >= 11 is 0. The van der Waals surface area contributed by atoms with E-state index in [9.17, 15) is 0 Å². The van der Waals surface area contributed by atoms with Crippen molar-refractivity contribution in [1.29, 1.82) is 0 Å². The van der Waals surface area contributed by atoms with Crippen LogP contribution in [0.1, 0.15) is 38.2 Å². The Labute approximate surface area is 99.0 Å². The van der Waals surface area contributed by atoms with E-state index in [0.717, 1.165) is 5.69 Å². The Balaban J connectivity index is 2.34. The van der Waals surface area contributed by atoms with Crippen LogP contribution in [0.15, 0.2) is 4.42 Å². The third-order valence-corrected chi connectivity index (χ3v) is 2.32. The van der Waals surface area contributed by atoms with Crippen molar-refractivity contribution in [3.8, 4) is 0 Å². The van der Waals surface area contributed by atoms with Gasteiger partial charge in [-0.15, -0.1) is 15.3 Å². The van der Waals surface area contributed by atoms with E-state index in [1.54, 1.807) is 11.6 Å². The molecule has 0 saturated heterocycles. The quantitative estimate of drug-likeness (QED) is 0.832. The fourth-order valence-corrected chi connectivity index (χ4v) is 1.74. The molecule has 2 N–H and O–H groups in total. The van der Waals surface area contributed by atoms with Crippen LogP contribution in [0.2, 0.25) is 0 Å². The number of nitrogen functional groups attached to an aromatic ring is 1. The van der Waals surface area contributed by atoms with Crippen molar-refractivity contribution in [1.82, 2.24) is 25.2 Å². The van der Waals surface area contributed by atoms with Gasteiger partial charge in [0, 0.05) is 12.3 Å². The third kappa shape index (κ3) is 2.27. The summed E-state index contributed by atoms with van der Waals surface area (Å²) in [5, 5.41) is 15.6. The second kappa shape index (κ2) is 3.83. The maximum absolute atomic E-state index is 5.83. The molecule has 0 aliphatic rings. The molecule has 17 heavy (non-hydrogen) atoms. The van der Waals surface area contributed by atoms with Gasteiger partial charge in [0.2, 0.25) is 11.8 Å². The molecule has 2 rings (SSSR count). The lowest BCUT2D eigenvalue weighted by Gasteiger charge is -2.19. The van der Waals surface area contributed by atoms with Crippen LogP contribution in [0.3, 0.4) is 0 Å². The fourth-order valence-electron chi connectivity index (χ4n) is 1.74. The Morgan fingerprint density at radius 2 is 1.94 bits per heavy atom. The average Bonchev–Trinajstić information content (AvgIpc) is 2.73. The highest BCUT2D eigenvalue weighted by Crippen LogP contribution is 2.26. The zero-order chi connectivity index (χ0) is 12.6. The molecule has 0 radical (unpaired) electrons. The van der Waals surface area contributed by atoms with Crippen LogP contribution in [-0.4, -0.2) is 25.2 Å². The molecular formula is C10H16N6O. The molecule has 7 heteroatoms. The maximum Gasteiger partial charge on any atom is 0.237 e. The molecular weight excluding hydrogens is 220 g/mol. The molecule has 0 aliphatic carbocycles. The molecule has 2 heterocycles. The van der Waals surface area contributed by atoms with Gasteiger partial charge in [0.15, 0.2) is 5.82 Å². The first-order chi connectivity index (χ1) is 7.88. The Kier molecular flexibility index (Phi) is 2.60. The number of nitrogens with two attached hydrogens (primary N) is 1. The Morgan fingerprint density at radius 1 is 1.24 bits per heavy atom. The topological polar surface area (TPSA) is 95.7 Å². The zero-order valence-corrected chi connectivity index (χ0v) is 10.4. The van der Waals surface area contributed by atoms with Crippen LogP contribution >= 0.6 is 0 Å². The summed E-state index contributed by atoms with van der Waals surface area (Å²) in [6, 6.07) is 0. The molecule has 0 aromatic carbocycles. The molecule has 92 valence electrons. The number of nitrogens with zero attached hydrogens (tertiary/aromatic N) is 5. The normalized spacial score (nSPS) is 12.0. The van der Waals surface area contributed by atoms with Crippen molar-refractivity contribution in [3.05, 3.63) is 17.5 Å². The molecule has 0 bridgehead atoms. The van der Waals surface area contributed by atoms with Crippen molar-refractivity contribution in [2.45, 2.75) is 39.7 Å². The number of rotatable bonds is 2. The zero-order valence-electron chi connectivity index (χ0n) is 10.4. The van der Waals surface area contributed by atoms with Gasteiger partial charge in [0.05, 0.1) is 5.69 Å². The lowest BCUT2D eigenvalue weighted by Crippen LogP contribution is -2.20. The molecule has 0 amide bonds. The van der Waals surface area contributed by atoms with E-state index in [2.05, 4.69) is 41.3 Å². The standard InChI is InChI=1S/C10H16N6O/c1-6-12-13-7(17-6)5-16-8(10(2,3)4)9(11)14-15-16/h5,11H2,1-4H3. The van der Waals surface area contributed by atoms with Gasteiger partial charge in [0.25, 0.3) is 0 Å². The Bertz CT molecular complexity index is 521. The first kappa shape index (κ1) is 11.6. The van der Waals surface area contributed by atoms with Crippen molar-refractivity contribution in [2.75, 3.05) is 5.73 Å². The van der Waals surface area contributed by atoms with Crippen LogP contribution < -0.4 is 5.73 Å². The number of anilines is 1. The van der Waals surface area contributed by atoms with Gasteiger partial charge in [0.1, 0.15) is 6.54 Å². The van der Waals surface area contributed by atoms with Crippen molar-refractivity contribution >= 4 is 5.82 Å². The van der Waals surface area contributed by atoms with E-state index in [1.165, 1.54) is 0 Å². The van der Waals surface area contributed by atoms with Crippen molar-refractivity contribution < 1.29 is 4.42 Å². The smallest absolute Gasteiger partial charge is 0.237 e. The van der Waals surface area contributed by atoms with E-state index >= 15 is 0 Å². The van der Waals surface area contributed by atoms with Gasteiger partial charge in [-0.25, -0.2) is 4.68 Å². The Hall–Kier alpha value is -1.92. The predicted molar refractivity (Wildman–Crippen MR) is 61.3 cm³/mol. The first-order valence-corrected chi connectivity index (χ1v) is 5.36. The largest absolute Gasteiger partial charge is 0.424 e. The van der Waals surface area contributed by atoms with Gasteiger partial charge in [-0.05, 0) is 0 Å². The highest BCUT2D eigenvalue weighted by Gasteiger charge is 2.24. The highest BCUT2D eigenvalue weighted by molar-refractivity contribution is 5.38. The van der Waals surface area contributed by atoms with Gasteiger partial charge in [-0.1, -0.05) is 26.0 Å². The maximum atomic E-state index is 5.83. The number of hydrogen-bond acceptors (Lipinski definition) is 6. The minimum Gasteiger partial charge on any atom is -0.424 e. The molecule has 0 atom stereocenters. The lowest BCUT2D eigenvalue weighted by atomic mass is 9.92. The summed E-state index contributed by atoms with van der Waals surface area (Å²) in [5.74, 6) is 1.47. The predicted octanol–water partition coefficient (Wildman–Crippen LogP) is 0.898. The lowest BCUT2D eigenvalue weighted by molar-refractivity contribution is 0.421. The number of hydrogen-bond donors (Lipinski definition) is 1. The van der Waals surface area contributed by atoms with E-state index in [-0.39, 0.29) is 5.41 Å². The summed E-state index contributed by atoms with van der Waals surface area (Å²) in [5.41, 5.74) is 6.56. The molecule has 2 aromatic rings. The van der Waals surface area contributed by atoms with E-state index < -0.39 is 0 Å².